The van der Waals surface area contributed by atoms with Crippen LogP contribution in [0.25, 0.3) is 0 Å². The van der Waals surface area contributed by atoms with Gasteiger partial charge in [0, 0.05) is 6.54 Å². The van der Waals surface area contributed by atoms with Gasteiger partial charge in [-0.1, -0.05) is 30.3 Å². The number of benzene rings is 1. The number of nitrogens with one attached hydrogen (secondary N) is 1. The van der Waals surface area contributed by atoms with Gasteiger partial charge in [0.2, 0.25) is 0 Å². The Morgan fingerprint density at radius 2 is 2.06 bits per heavy atom. The van der Waals surface area contributed by atoms with Gasteiger partial charge in [0.15, 0.2) is 0 Å². The maximum Gasteiger partial charge on any atom is 0.254 e. The summed E-state index contributed by atoms with van der Waals surface area (Å²) in [7, 11) is 0. The minimum Gasteiger partial charge on any atom is -0.472 e. The second-order valence-corrected chi connectivity index (χ2v) is 3.65. The molecule has 1 aromatic heterocycles. The highest BCUT2D eigenvalue weighted by atomic mass is 16.3. The van der Waals surface area contributed by atoms with Crippen LogP contribution in [0.4, 0.5) is 0 Å². The average molecular weight is 231 g/mol. The molecule has 0 aliphatic rings. The van der Waals surface area contributed by atoms with Crippen LogP contribution >= 0.6 is 0 Å². The Morgan fingerprint density at radius 3 is 2.71 bits per heavy atom. The minimum atomic E-state index is -0.702. The van der Waals surface area contributed by atoms with Gasteiger partial charge in [-0.3, -0.25) is 4.79 Å². The number of amides is 1. The standard InChI is InChI=1S/C13H13NO3/c15-12(10-4-2-1-3-5-10)8-14-13(16)11-6-7-17-9-11/h1-7,9,12,15H,8H2,(H,14,16). The first kappa shape index (κ1) is 11.4. The van der Waals surface area contributed by atoms with Crippen LogP contribution in [0.2, 0.25) is 0 Å². The smallest absolute Gasteiger partial charge is 0.254 e. The van der Waals surface area contributed by atoms with Crippen molar-refractivity contribution < 1.29 is 14.3 Å². The monoisotopic (exact) mass is 231 g/mol. The largest absolute Gasteiger partial charge is 0.472 e. The van der Waals surface area contributed by atoms with Crippen LogP contribution in [-0.4, -0.2) is 17.6 Å². The van der Waals surface area contributed by atoms with E-state index in [1.54, 1.807) is 6.07 Å². The molecule has 0 saturated heterocycles. The fourth-order valence-corrected chi connectivity index (χ4v) is 1.48. The molecule has 0 radical (unpaired) electrons. The molecule has 1 unspecified atom stereocenters. The van der Waals surface area contributed by atoms with E-state index in [0.717, 1.165) is 5.56 Å². The van der Waals surface area contributed by atoms with Crippen LogP contribution in [0.1, 0.15) is 22.0 Å². The van der Waals surface area contributed by atoms with E-state index < -0.39 is 6.10 Å². The fraction of sp³-hybridized carbons (Fsp3) is 0.154. The third-order valence-corrected chi connectivity index (χ3v) is 2.42. The lowest BCUT2D eigenvalue weighted by atomic mass is 10.1. The molecular weight excluding hydrogens is 218 g/mol. The van der Waals surface area contributed by atoms with Crippen LogP contribution < -0.4 is 5.32 Å². The highest BCUT2D eigenvalue weighted by Crippen LogP contribution is 2.10. The van der Waals surface area contributed by atoms with Crippen LogP contribution in [0.15, 0.2) is 53.3 Å². The molecule has 88 valence electrons. The summed E-state index contributed by atoms with van der Waals surface area (Å²) in [5, 5.41) is 12.5. The molecule has 0 aliphatic heterocycles. The third kappa shape index (κ3) is 2.95. The molecule has 1 heterocycles. The van der Waals surface area contributed by atoms with Crippen LogP contribution in [0.3, 0.4) is 0 Å². The highest BCUT2D eigenvalue weighted by molar-refractivity contribution is 5.93. The van der Waals surface area contributed by atoms with Gasteiger partial charge < -0.3 is 14.8 Å². The lowest BCUT2D eigenvalue weighted by Gasteiger charge is -2.11. The number of carbonyl (C=O) groups is 1. The molecule has 2 aromatic rings. The number of hydrogen-bond donors (Lipinski definition) is 2. The molecule has 2 N–H and O–H groups in total. The van der Waals surface area contributed by atoms with Crippen molar-refractivity contribution >= 4 is 5.91 Å². The Morgan fingerprint density at radius 1 is 1.29 bits per heavy atom. The van der Waals surface area contributed by atoms with Crippen molar-refractivity contribution in [3.8, 4) is 0 Å². The van der Waals surface area contributed by atoms with Crippen molar-refractivity contribution in [3.05, 3.63) is 60.1 Å². The molecule has 1 atom stereocenters. The van der Waals surface area contributed by atoms with Crippen LogP contribution in [0.5, 0.6) is 0 Å². The average Bonchev–Trinajstić information content (AvgIpc) is 2.90. The Kier molecular flexibility index (Phi) is 3.57. The maximum absolute atomic E-state index is 11.6. The first-order valence-corrected chi connectivity index (χ1v) is 5.31. The van der Waals surface area contributed by atoms with Gasteiger partial charge in [0.1, 0.15) is 6.26 Å². The summed E-state index contributed by atoms with van der Waals surface area (Å²) < 4.78 is 4.80. The fourth-order valence-electron chi connectivity index (χ4n) is 1.48. The van der Waals surface area contributed by atoms with Gasteiger partial charge in [-0.05, 0) is 11.6 Å². The molecular formula is C13H13NO3. The van der Waals surface area contributed by atoms with E-state index in [0.29, 0.717) is 5.56 Å². The molecule has 4 heteroatoms. The lowest BCUT2D eigenvalue weighted by molar-refractivity contribution is 0.0915. The normalized spacial score (nSPS) is 12.1. The molecule has 0 fully saturated rings. The minimum absolute atomic E-state index is 0.175. The summed E-state index contributed by atoms with van der Waals surface area (Å²) >= 11 is 0. The van der Waals surface area contributed by atoms with Crippen LogP contribution in [0, 0.1) is 0 Å². The van der Waals surface area contributed by atoms with Gasteiger partial charge >= 0.3 is 0 Å². The number of rotatable bonds is 4. The van der Waals surface area contributed by atoms with E-state index >= 15 is 0 Å². The maximum atomic E-state index is 11.6. The second-order valence-electron chi connectivity index (χ2n) is 3.65. The summed E-state index contributed by atoms with van der Waals surface area (Å²) in [6.45, 7) is 0.175. The molecule has 0 aliphatic carbocycles. The predicted molar refractivity (Wildman–Crippen MR) is 62.4 cm³/mol. The van der Waals surface area contributed by atoms with Crippen LogP contribution in [-0.2, 0) is 0 Å². The molecule has 17 heavy (non-hydrogen) atoms. The summed E-state index contributed by atoms with van der Waals surface area (Å²) in [6, 6.07) is 10.8. The van der Waals surface area contributed by atoms with Crippen molar-refractivity contribution in [2.75, 3.05) is 6.54 Å². The Hall–Kier alpha value is -2.07. The first-order valence-electron chi connectivity index (χ1n) is 5.31. The highest BCUT2D eigenvalue weighted by Gasteiger charge is 2.10. The zero-order valence-corrected chi connectivity index (χ0v) is 9.17. The van der Waals surface area contributed by atoms with Crippen molar-refractivity contribution in [1.82, 2.24) is 5.32 Å². The van der Waals surface area contributed by atoms with Crippen molar-refractivity contribution in [2.24, 2.45) is 0 Å². The van der Waals surface area contributed by atoms with E-state index in [-0.39, 0.29) is 12.5 Å². The van der Waals surface area contributed by atoms with E-state index in [1.165, 1.54) is 12.5 Å². The number of hydrogen-bond acceptors (Lipinski definition) is 3. The summed E-state index contributed by atoms with van der Waals surface area (Å²) in [6.07, 6.45) is 2.10. The number of furan rings is 1. The van der Waals surface area contributed by atoms with Gasteiger partial charge in [-0.25, -0.2) is 0 Å². The zero-order valence-electron chi connectivity index (χ0n) is 9.17. The van der Waals surface area contributed by atoms with Crippen molar-refractivity contribution in [2.45, 2.75) is 6.10 Å². The Bertz CT molecular complexity index is 465. The van der Waals surface area contributed by atoms with Gasteiger partial charge in [0.05, 0.1) is 17.9 Å². The zero-order chi connectivity index (χ0) is 12.1. The molecule has 0 spiro atoms. The van der Waals surface area contributed by atoms with E-state index in [9.17, 15) is 9.90 Å². The van der Waals surface area contributed by atoms with E-state index in [2.05, 4.69) is 5.32 Å². The summed E-state index contributed by atoms with van der Waals surface area (Å²) in [5.41, 5.74) is 1.23. The van der Waals surface area contributed by atoms with Crippen molar-refractivity contribution in [3.63, 3.8) is 0 Å². The first-order chi connectivity index (χ1) is 8.27. The van der Waals surface area contributed by atoms with E-state index in [1.807, 2.05) is 30.3 Å². The second kappa shape index (κ2) is 5.32. The Balaban J connectivity index is 1.89. The molecule has 0 saturated carbocycles. The molecule has 1 amide bonds. The summed E-state index contributed by atoms with van der Waals surface area (Å²) in [5.74, 6) is -0.256. The topological polar surface area (TPSA) is 62.5 Å². The number of aliphatic hydroxyl groups is 1. The molecule has 0 bridgehead atoms. The summed E-state index contributed by atoms with van der Waals surface area (Å²) in [4.78, 5) is 11.6. The lowest BCUT2D eigenvalue weighted by Crippen LogP contribution is -2.27. The third-order valence-electron chi connectivity index (χ3n) is 2.42. The number of aliphatic hydroxyl groups excluding tert-OH is 1. The van der Waals surface area contributed by atoms with Gasteiger partial charge in [0.25, 0.3) is 5.91 Å². The van der Waals surface area contributed by atoms with Gasteiger partial charge in [-0.15, -0.1) is 0 Å². The molecule has 1 aromatic carbocycles. The van der Waals surface area contributed by atoms with Crippen molar-refractivity contribution in [1.29, 1.82) is 0 Å². The SMILES string of the molecule is O=C(NCC(O)c1ccccc1)c1ccoc1. The Labute approximate surface area is 98.9 Å². The molecule has 4 nitrogen and oxygen atoms in total. The quantitative estimate of drug-likeness (QED) is 0.842. The van der Waals surface area contributed by atoms with Gasteiger partial charge in [-0.2, -0.15) is 0 Å². The van der Waals surface area contributed by atoms with E-state index in [4.69, 9.17) is 4.42 Å². The predicted octanol–water partition coefficient (Wildman–Crippen LogP) is 1.74. The number of carbonyl (C=O) groups excluding carboxylic acids is 1. The molecule has 2 rings (SSSR count).